The van der Waals surface area contributed by atoms with Crippen LogP contribution in [0.25, 0.3) is 0 Å². The molecule has 0 aliphatic rings. The molecule has 1 heterocycles. The molecule has 1 aromatic carbocycles. The van der Waals surface area contributed by atoms with Gasteiger partial charge in [-0.2, -0.15) is 0 Å². The number of benzene rings is 1. The summed E-state index contributed by atoms with van der Waals surface area (Å²) in [6, 6.07) is 6.73. The molecule has 0 fully saturated rings. The average Bonchev–Trinajstić information content (AvgIpc) is 2.84. The van der Waals surface area contributed by atoms with Crippen LogP contribution >= 0.6 is 23.5 Å². The highest BCUT2D eigenvalue weighted by Gasteiger charge is 2.05. The van der Waals surface area contributed by atoms with Crippen LogP contribution in [0.4, 0.5) is 4.39 Å². The number of rotatable bonds is 6. The molecular weight excluding hydrogens is 273 g/mol. The van der Waals surface area contributed by atoms with Gasteiger partial charge >= 0.3 is 0 Å². The van der Waals surface area contributed by atoms with Crippen molar-refractivity contribution in [2.45, 2.75) is 16.7 Å². The quantitative estimate of drug-likeness (QED) is 0.650. The molecule has 0 amide bonds. The Kier molecular flexibility index (Phi) is 5.03. The third kappa shape index (κ3) is 3.72. The van der Waals surface area contributed by atoms with E-state index in [0.29, 0.717) is 16.0 Å². The fraction of sp³-hybridized carbons (Fsp3) is 0.273. The molecule has 0 aliphatic heterocycles. The second kappa shape index (κ2) is 6.77. The Bertz CT molecular complexity index is 507. The van der Waals surface area contributed by atoms with E-state index < -0.39 is 0 Å². The second-order valence-electron chi connectivity index (χ2n) is 3.29. The molecule has 0 spiro atoms. The smallest absolute Gasteiger partial charge is 0.276 e. The molecule has 18 heavy (non-hydrogen) atoms. The van der Waals surface area contributed by atoms with E-state index in [9.17, 15) is 4.39 Å². The van der Waals surface area contributed by atoms with Gasteiger partial charge < -0.3 is 10.2 Å². The van der Waals surface area contributed by atoms with Crippen molar-refractivity contribution in [2.24, 2.45) is 5.73 Å². The minimum atomic E-state index is -0.185. The summed E-state index contributed by atoms with van der Waals surface area (Å²) in [6.45, 7) is 0.248. The van der Waals surface area contributed by atoms with Crippen LogP contribution in [0.2, 0.25) is 0 Å². The number of hydrogen-bond donors (Lipinski definition) is 1. The summed E-state index contributed by atoms with van der Waals surface area (Å²) in [5.74, 6) is 1.78. The van der Waals surface area contributed by atoms with Gasteiger partial charge in [-0.15, -0.1) is 22.0 Å². The Balaban J connectivity index is 1.74. The molecule has 2 aromatic rings. The van der Waals surface area contributed by atoms with E-state index in [1.54, 1.807) is 12.1 Å². The van der Waals surface area contributed by atoms with Gasteiger partial charge in [0.2, 0.25) is 5.89 Å². The van der Waals surface area contributed by atoms with Gasteiger partial charge in [0.15, 0.2) is 0 Å². The first-order valence-electron chi connectivity index (χ1n) is 5.32. The Hall–Kier alpha value is -1.05. The molecule has 4 nitrogen and oxygen atoms in total. The molecule has 0 atom stereocenters. The highest BCUT2D eigenvalue weighted by molar-refractivity contribution is 8.02. The van der Waals surface area contributed by atoms with Crippen molar-refractivity contribution in [3.63, 3.8) is 0 Å². The Morgan fingerprint density at radius 3 is 2.67 bits per heavy atom. The largest absolute Gasteiger partial charge is 0.415 e. The van der Waals surface area contributed by atoms with E-state index in [4.69, 9.17) is 10.2 Å². The van der Waals surface area contributed by atoms with Crippen LogP contribution in [0.15, 0.2) is 38.8 Å². The summed E-state index contributed by atoms with van der Waals surface area (Å²) < 4.78 is 18.5. The zero-order valence-corrected chi connectivity index (χ0v) is 11.1. The summed E-state index contributed by atoms with van der Waals surface area (Å²) in [7, 11) is 0. The zero-order chi connectivity index (χ0) is 12.8. The van der Waals surface area contributed by atoms with E-state index in [-0.39, 0.29) is 12.4 Å². The van der Waals surface area contributed by atoms with Crippen molar-refractivity contribution in [3.05, 3.63) is 36.0 Å². The highest BCUT2D eigenvalue weighted by atomic mass is 32.2. The monoisotopic (exact) mass is 285 g/mol. The lowest BCUT2D eigenvalue weighted by molar-refractivity contribution is 0.415. The molecule has 0 radical (unpaired) electrons. The lowest BCUT2D eigenvalue weighted by Crippen LogP contribution is -1.95. The molecule has 0 bridgehead atoms. The summed E-state index contributed by atoms with van der Waals surface area (Å²) in [4.78, 5) is 0.659. The van der Waals surface area contributed by atoms with Crippen LogP contribution < -0.4 is 5.73 Å². The first kappa shape index (κ1) is 13.4. The van der Waals surface area contributed by atoms with Crippen molar-refractivity contribution < 1.29 is 8.81 Å². The van der Waals surface area contributed by atoms with Crippen molar-refractivity contribution in [2.75, 3.05) is 11.5 Å². The fourth-order valence-corrected chi connectivity index (χ4v) is 2.92. The minimum absolute atomic E-state index is 0.185. The first-order chi connectivity index (χ1) is 8.79. The normalized spacial score (nSPS) is 10.8. The first-order valence-corrected chi connectivity index (χ1v) is 7.29. The van der Waals surface area contributed by atoms with Crippen LogP contribution in [0.5, 0.6) is 0 Å². The van der Waals surface area contributed by atoms with E-state index in [0.717, 1.165) is 11.5 Å². The molecule has 96 valence electrons. The van der Waals surface area contributed by atoms with E-state index in [2.05, 4.69) is 10.2 Å². The zero-order valence-electron chi connectivity index (χ0n) is 9.51. The molecule has 0 aliphatic carbocycles. The van der Waals surface area contributed by atoms with Gasteiger partial charge in [0.1, 0.15) is 5.82 Å². The number of aromatic nitrogens is 2. The predicted octanol–water partition coefficient (Wildman–Crippen LogP) is 2.55. The van der Waals surface area contributed by atoms with Gasteiger partial charge in [-0.05, 0) is 12.1 Å². The van der Waals surface area contributed by atoms with Crippen molar-refractivity contribution in [1.29, 1.82) is 0 Å². The average molecular weight is 285 g/mol. The fourth-order valence-electron chi connectivity index (χ4n) is 1.22. The highest BCUT2D eigenvalue weighted by Crippen LogP contribution is 2.24. The van der Waals surface area contributed by atoms with Gasteiger partial charge in [0.05, 0.1) is 6.54 Å². The van der Waals surface area contributed by atoms with Gasteiger partial charge in [-0.25, -0.2) is 4.39 Å². The van der Waals surface area contributed by atoms with Gasteiger partial charge in [0, 0.05) is 16.4 Å². The number of nitrogens with zero attached hydrogens (tertiary/aromatic N) is 2. The molecule has 1 aromatic heterocycles. The molecule has 0 saturated carbocycles. The van der Waals surface area contributed by atoms with Crippen LogP contribution in [0.3, 0.4) is 0 Å². The number of hydrogen-bond acceptors (Lipinski definition) is 6. The van der Waals surface area contributed by atoms with Crippen LogP contribution in [0, 0.1) is 5.82 Å². The second-order valence-corrected chi connectivity index (χ2v) is 5.48. The number of nitrogens with two attached hydrogens (primary N) is 1. The number of thioether (sulfide) groups is 2. The standard InChI is InChI=1S/C11H12FN3OS2/c12-8-3-1-2-4-9(8)17-5-6-18-11-15-14-10(7-13)16-11/h1-4H,5-7,13H2. The summed E-state index contributed by atoms with van der Waals surface area (Å²) in [5, 5.41) is 8.09. The van der Waals surface area contributed by atoms with Crippen LogP contribution in [-0.4, -0.2) is 21.7 Å². The summed E-state index contributed by atoms with van der Waals surface area (Å²) in [6.07, 6.45) is 0. The Morgan fingerprint density at radius 1 is 1.17 bits per heavy atom. The molecule has 2 N–H and O–H groups in total. The maximum absolute atomic E-state index is 13.3. The van der Waals surface area contributed by atoms with Crippen molar-refractivity contribution in [1.82, 2.24) is 10.2 Å². The molecule has 7 heteroatoms. The van der Waals surface area contributed by atoms with Gasteiger partial charge in [-0.1, -0.05) is 23.9 Å². The molecular formula is C11H12FN3OS2. The van der Waals surface area contributed by atoms with Crippen molar-refractivity contribution >= 4 is 23.5 Å². The van der Waals surface area contributed by atoms with E-state index >= 15 is 0 Å². The molecule has 0 unspecified atom stereocenters. The Labute approximate surface area is 113 Å². The summed E-state index contributed by atoms with van der Waals surface area (Å²) in [5.41, 5.74) is 5.36. The number of halogens is 1. The lowest BCUT2D eigenvalue weighted by Gasteiger charge is -2.01. The topological polar surface area (TPSA) is 64.9 Å². The molecule has 0 saturated heterocycles. The van der Waals surface area contributed by atoms with Gasteiger partial charge in [-0.3, -0.25) is 0 Å². The van der Waals surface area contributed by atoms with E-state index in [1.165, 1.54) is 29.6 Å². The maximum atomic E-state index is 13.3. The Morgan fingerprint density at radius 2 is 1.94 bits per heavy atom. The van der Waals surface area contributed by atoms with Gasteiger partial charge in [0.25, 0.3) is 5.22 Å². The van der Waals surface area contributed by atoms with E-state index in [1.807, 2.05) is 6.07 Å². The SMILES string of the molecule is NCc1nnc(SCCSc2ccccc2F)o1. The van der Waals surface area contributed by atoms with Crippen LogP contribution in [0.1, 0.15) is 5.89 Å². The third-order valence-electron chi connectivity index (χ3n) is 2.03. The van der Waals surface area contributed by atoms with Crippen LogP contribution in [-0.2, 0) is 6.54 Å². The van der Waals surface area contributed by atoms with Crippen molar-refractivity contribution in [3.8, 4) is 0 Å². The summed E-state index contributed by atoms with van der Waals surface area (Å²) >= 11 is 2.91. The molecule has 2 rings (SSSR count). The third-order valence-corrected chi connectivity index (χ3v) is 4.15. The maximum Gasteiger partial charge on any atom is 0.276 e. The minimum Gasteiger partial charge on any atom is -0.415 e. The lowest BCUT2D eigenvalue weighted by atomic mass is 10.3. The predicted molar refractivity (Wildman–Crippen MR) is 70.0 cm³/mol.